The fourth-order valence-corrected chi connectivity index (χ4v) is 5.48. The van der Waals surface area contributed by atoms with Crippen LogP contribution in [0.15, 0.2) is 47.6 Å². The number of hydrogen-bond acceptors (Lipinski definition) is 4. The number of fused-ring (bicyclic) bond motifs is 1. The van der Waals surface area contributed by atoms with Gasteiger partial charge in [-0.1, -0.05) is 43.5 Å². The molecule has 0 saturated heterocycles. The average molecular weight is 424 g/mol. The molecule has 1 fully saturated rings. The molecule has 1 aliphatic heterocycles. The smallest absolute Gasteiger partial charge is 0.254 e. The number of hydrogen-bond donors (Lipinski definition) is 1. The van der Waals surface area contributed by atoms with E-state index in [1.54, 1.807) is 30.1 Å². The van der Waals surface area contributed by atoms with Crippen LogP contribution in [0.4, 0.5) is 0 Å². The molecule has 0 bridgehead atoms. The van der Waals surface area contributed by atoms with Gasteiger partial charge in [0, 0.05) is 25.0 Å². The first-order valence-electron chi connectivity index (χ1n) is 10.9. The number of benzene rings is 1. The largest absolute Gasteiger partial charge is 0.343 e. The molecule has 1 saturated carbocycles. The van der Waals surface area contributed by atoms with Crippen molar-refractivity contribution in [3.05, 3.63) is 59.3 Å². The van der Waals surface area contributed by atoms with Gasteiger partial charge in [0.15, 0.2) is 0 Å². The molecular weight excluding hydrogens is 394 g/mol. The summed E-state index contributed by atoms with van der Waals surface area (Å²) < 4.78 is 0. The zero-order chi connectivity index (χ0) is 20.8. The van der Waals surface area contributed by atoms with Gasteiger partial charge in [-0.05, 0) is 48.4 Å². The van der Waals surface area contributed by atoms with E-state index in [-0.39, 0.29) is 18.4 Å². The van der Waals surface area contributed by atoms with Crippen molar-refractivity contribution >= 4 is 23.6 Å². The summed E-state index contributed by atoms with van der Waals surface area (Å²) in [6, 6.07) is 11.8. The minimum Gasteiger partial charge on any atom is -0.343 e. The summed E-state index contributed by atoms with van der Waals surface area (Å²) in [7, 11) is 0. The van der Waals surface area contributed by atoms with E-state index in [1.807, 2.05) is 17.0 Å². The highest BCUT2D eigenvalue weighted by Gasteiger charge is 2.22. The normalized spacial score (nSPS) is 16.7. The van der Waals surface area contributed by atoms with Gasteiger partial charge in [0.1, 0.15) is 5.03 Å². The van der Waals surface area contributed by atoms with Crippen LogP contribution in [0.25, 0.3) is 0 Å². The maximum Gasteiger partial charge on any atom is 0.254 e. The van der Waals surface area contributed by atoms with Gasteiger partial charge in [-0.15, -0.1) is 11.8 Å². The molecular formula is C24H29N3O2S. The lowest BCUT2D eigenvalue weighted by molar-refractivity contribution is -0.131. The molecule has 158 valence electrons. The Morgan fingerprint density at radius 2 is 1.87 bits per heavy atom. The number of carbonyl (C=O) groups is 2. The summed E-state index contributed by atoms with van der Waals surface area (Å²) in [6.45, 7) is 1.32. The molecule has 0 atom stereocenters. The summed E-state index contributed by atoms with van der Waals surface area (Å²) in [5.74, 6) is 1.45. The van der Waals surface area contributed by atoms with Gasteiger partial charge < -0.3 is 10.2 Å². The van der Waals surface area contributed by atoms with Crippen LogP contribution in [0.3, 0.4) is 0 Å². The lowest BCUT2D eigenvalue weighted by atomic mass is 9.91. The van der Waals surface area contributed by atoms with Gasteiger partial charge in [0.25, 0.3) is 5.91 Å². The van der Waals surface area contributed by atoms with Crippen molar-refractivity contribution in [3.63, 3.8) is 0 Å². The van der Waals surface area contributed by atoms with Crippen LogP contribution in [-0.2, 0) is 17.8 Å². The molecule has 1 N–H and O–H groups in total. The molecule has 2 aliphatic rings. The van der Waals surface area contributed by atoms with Crippen LogP contribution in [0.1, 0.15) is 53.6 Å². The van der Waals surface area contributed by atoms with Crippen molar-refractivity contribution in [2.45, 2.75) is 50.1 Å². The van der Waals surface area contributed by atoms with Crippen LogP contribution < -0.4 is 5.32 Å². The highest BCUT2D eigenvalue weighted by atomic mass is 32.2. The third kappa shape index (κ3) is 5.22. The van der Waals surface area contributed by atoms with Gasteiger partial charge in [0.05, 0.1) is 12.1 Å². The number of nitrogens with one attached hydrogen (secondary N) is 1. The maximum absolute atomic E-state index is 12.8. The molecule has 4 rings (SSSR count). The van der Waals surface area contributed by atoms with Crippen molar-refractivity contribution in [1.29, 1.82) is 0 Å². The molecule has 2 aromatic rings. The van der Waals surface area contributed by atoms with Crippen molar-refractivity contribution in [2.75, 3.05) is 18.8 Å². The van der Waals surface area contributed by atoms with Gasteiger partial charge >= 0.3 is 0 Å². The van der Waals surface area contributed by atoms with Crippen molar-refractivity contribution in [2.24, 2.45) is 5.92 Å². The fraction of sp³-hybridized carbons (Fsp3) is 0.458. The van der Waals surface area contributed by atoms with E-state index in [0.29, 0.717) is 24.6 Å². The molecule has 2 amide bonds. The van der Waals surface area contributed by atoms with E-state index in [1.165, 1.54) is 43.2 Å². The number of nitrogens with zero attached hydrogens (tertiary/aromatic N) is 2. The SMILES string of the molecule is O=C(NCC(=O)N1CCc2ccccc2C1)c1cccnc1SCC1CCCCC1. The first kappa shape index (κ1) is 20.9. The summed E-state index contributed by atoms with van der Waals surface area (Å²) >= 11 is 1.67. The van der Waals surface area contributed by atoms with Crippen LogP contribution in [0.2, 0.25) is 0 Å². The summed E-state index contributed by atoms with van der Waals surface area (Å²) in [5, 5.41) is 3.58. The van der Waals surface area contributed by atoms with Crippen LogP contribution in [-0.4, -0.2) is 40.5 Å². The molecule has 1 aromatic heterocycles. The first-order chi connectivity index (χ1) is 14.7. The van der Waals surface area contributed by atoms with Crippen LogP contribution in [0.5, 0.6) is 0 Å². The van der Waals surface area contributed by atoms with Crippen molar-refractivity contribution in [3.8, 4) is 0 Å². The standard InChI is InChI=1S/C24H29N3O2S/c28-22(27-14-12-19-9-4-5-10-20(19)16-27)15-26-23(29)21-11-6-13-25-24(21)30-17-18-7-2-1-3-8-18/h4-6,9-11,13,18H,1-3,7-8,12,14-17H2,(H,26,29). The Kier molecular flexibility index (Phi) is 7.05. The Balaban J connectivity index is 1.31. The molecule has 0 spiro atoms. The van der Waals surface area contributed by atoms with E-state index in [0.717, 1.165) is 17.2 Å². The van der Waals surface area contributed by atoms with Crippen LogP contribution in [0, 0.1) is 5.92 Å². The van der Waals surface area contributed by atoms with E-state index in [9.17, 15) is 9.59 Å². The van der Waals surface area contributed by atoms with Gasteiger partial charge in [-0.2, -0.15) is 0 Å². The quantitative estimate of drug-likeness (QED) is 0.712. The number of carbonyl (C=O) groups excluding carboxylic acids is 2. The van der Waals surface area contributed by atoms with E-state index in [2.05, 4.69) is 22.4 Å². The lowest BCUT2D eigenvalue weighted by Gasteiger charge is -2.29. The summed E-state index contributed by atoms with van der Waals surface area (Å²) in [6.07, 6.45) is 9.10. The minimum atomic E-state index is -0.222. The second kappa shape index (κ2) is 10.1. The Bertz CT molecular complexity index is 896. The van der Waals surface area contributed by atoms with Gasteiger partial charge in [-0.3, -0.25) is 9.59 Å². The Morgan fingerprint density at radius 1 is 1.07 bits per heavy atom. The summed E-state index contributed by atoms with van der Waals surface area (Å²) in [4.78, 5) is 31.7. The molecule has 0 radical (unpaired) electrons. The third-order valence-corrected chi connectivity index (χ3v) is 7.32. The molecule has 1 aromatic carbocycles. The van der Waals surface area contributed by atoms with Gasteiger partial charge in [0.2, 0.25) is 5.91 Å². The highest BCUT2D eigenvalue weighted by molar-refractivity contribution is 7.99. The minimum absolute atomic E-state index is 0.0165. The number of thioether (sulfide) groups is 1. The van der Waals surface area contributed by atoms with E-state index < -0.39 is 0 Å². The lowest BCUT2D eigenvalue weighted by Crippen LogP contribution is -2.42. The molecule has 1 aliphatic carbocycles. The van der Waals surface area contributed by atoms with Crippen LogP contribution >= 0.6 is 11.8 Å². The topological polar surface area (TPSA) is 62.3 Å². The first-order valence-corrected chi connectivity index (χ1v) is 11.9. The molecule has 30 heavy (non-hydrogen) atoms. The number of amides is 2. The average Bonchev–Trinajstić information content (AvgIpc) is 2.81. The predicted octanol–water partition coefficient (Wildman–Crippen LogP) is 4.07. The second-order valence-electron chi connectivity index (χ2n) is 8.19. The third-order valence-electron chi connectivity index (χ3n) is 6.08. The molecule has 5 nitrogen and oxygen atoms in total. The summed E-state index contributed by atoms with van der Waals surface area (Å²) in [5.41, 5.74) is 3.06. The van der Waals surface area contributed by atoms with Crippen molar-refractivity contribution in [1.82, 2.24) is 15.2 Å². The van der Waals surface area contributed by atoms with E-state index in [4.69, 9.17) is 0 Å². The predicted molar refractivity (Wildman–Crippen MR) is 119 cm³/mol. The van der Waals surface area contributed by atoms with Gasteiger partial charge in [-0.25, -0.2) is 4.98 Å². The zero-order valence-electron chi connectivity index (χ0n) is 17.3. The second-order valence-corrected chi connectivity index (χ2v) is 9.20. The Hall–Kier alpha value is -2.34. The monoisotopic (exact) mass is 423 g/mol. The fourth-order valence-electron chi connectivity index (χ4n) is 4.30. The number of aromatic nitrogens is 1. The molecule has 0 unspecified atom stereocenters. The molecule has 2 heterocycles. The highest BCUT2D eigenvalue weighted by Crippen LogP contribution is 2.30. The molecule has 6 heteroatoms. The maximum atomic E-state index is 12.8. The number of pyridine rings is 1. The number of rotatable bonds is 6. The zero-order valence-corrected chi connectivity index (χ0v) is 18.1. The Morgan fingerprint density at radius 3 is 2.70 bits per heavy atom. The van der Waals surface area contributed by atoms with E-state index >= 15 is 0 Å². The Labute approximate surface area is 182 Å². The van der Waals surface area contributed by atoms with Crippen molar-refractivity contribution < 1.29 is 9.59 Å².